The van der Waals surface area contributed by atoms with Gasteiger partial charge in [-0.3, -0.25) is 9.78 Å². The van der Waals surface area contributed by atoms with E-state index in [-0.39, 0.29) is 5.91 Å². The van der Waals surface area contributed by atoms with Gasteiger partial charge in [-0.15, -0.1) is 0 Å². The number of primary amides is 1. The first-order valence-electron chi connectivity index (χ1n) is 6.35. The number of nitrogens with two attached hydrogens (primary N) is 1. The van der Waals surface area contributed by atoms with Crippen molar-refractivity contribution in [3.8, 4) is 5.75 Å². The highest BCUT2D eigenvalue weighted by molar-refractivity contribution is 5.83. The highest BCUT2D eigenvalue weighted by Crippen LogP contribution is 2.22. The van der Waals surface area contributed by atoms with E-state index in [4.69, 9.17) is 10.5 Å². The van der Waals surface area contributed by atoms with Gasteiger partial charge in [0.1, 0.15) is 5.75 Å². The molecule has 2 rings (SSSR count). The third kappa shape index (κ3) is 3.44. The van der Waals surface area contributed by atoms with Crippen LogP contribution in [0.3, 0.4) is 0 Å². The number of fused-ring (bicyclic) bond motifs is 1. The van der Waals surface area contributed by atoms with Crippen LogP contribution in [0.15, 0.2) is 24.3 Å². The van der Waals surface area contributed by atoms with Gasteiger partial charge in [-0.05, 0) is 44.0 Å². The summed E-state index contributed by atoms with van der Waals surface area (Å²) in [5, 5.41) is 1.13. The van der Waals surface area contributed by atoms with Gasteiger partial charge in [0, 0.05) is 23.6 Å². The molecule has 2 N–H and O–H groups in total. The Morgan fingerprint density at radius 1 is 1.32 bits per heavy atom. The molecular weight excluding hydrogens is 240 g/mol. The second-order valence-electron chi connectivity index (χ2n) is 4.68. The number of ether oxygens (including phenoxy) is 1. The van der Waals surface area contributed by atoms with Crippen LogP contribution in [-0.2, 0) is 4.79 Å². The molecule has 2 aromatic rings. The summed E-state index contributed by atoms with van der Waals surface area (Å²) in [5.74, 6) is 0.476. The molecule has 0 spiro atoms. The smallest absolute Gasteiger partial charge is 0.217 e. The molecule has 0 saturated carbocycles. The van der Waals surface area contributed by atoms with Crippen molar-refractivity contribution in [2.24, 2.45) is 5.73 Å². The lowest BCUT2D eigenvalue weighted by Crippen LogP contribution is -2.11. The molecule has 1 aromatic heterocycles. The predicted molar refractivity (Wildman–Crippen MR) is 75.1 cm³/mol. The van der Waals surface area contributed by atoms with E-state index in [0.717, 1.165) is 22.3 Å². The summed E-state index contributed by atoms with van der Waals surface area (Å²) in [4.78, 5) is 15.1. The Labute approximate surface area is 112 Å². The predicted octanol–water partition coefficient (Wildman–Crippen LogP) is 2.50. The van der Waals surface area contributed by atoms with Crippen molar-refractivity contribution < 1.29 is 9.53 Å². The summed E-state index contributed by atoms with van der Waals surface area (Å²) >= 11 is 0. The zero-order chi connectivity index (χ0) is 13.8. The Hall–Kier alpha value is -2.10. The minimum atomic E-state index is -0.296. The highest BCUT2D eigenvalue weighted by Gasteiger charge is 2.03. The van der Waals surface area contributed by atoms with E-state index < -0.39 is 0 Å². The third-order valence-electron chi connectivity index (χ3n) is 2.95. The van der Waals surface area contributed by atoms with E-state index in [0.29, 0.717) is 19.4 Å². The molecule has 1 aromatic carbocycles. The first kappa shape index (κ1) is 13.3. The number of hydrogen-bond donors (Lipinski definition) is 1. The van der Waals surface area contributed by atoms with Crippen LogP contribution in [0.1, 0.15) is 24.1 Å². The van der Waals surface area contributed by atoms with Crippen molar-refractivity contribution in [1.29, 1.82) is 0 Å². The van der Waals surface area contributed by atoms with Crippen molar-refractivity contribution in [2.45, 2.75) is 26.7 Å². The fraction of sp³-hybridized carbons (Fsp3) is 0.333. The Morgan fingerprint density at radius 2 is 2.11 bits per heavy atom. The lowest BCUT2D eigenvalue weighted by atomic mass is 10.1. The number of benzene rings is 1. The molecule has 4 heteroatoms. The number of carbonyl (C=O) groups excluding carboxylic acids is 1. The molecule has 0 aliphatic carbocycles. The molecule has 1 heterocycles. The molecule has 0 unspecified atom stereocenters. The van der Waals surface area contributed by atoms with Crippen molar-refractivity contribution >= 4 is 16.8 Å². The maximum absolute atomic E-state index is 10.6. The van der Waals surface area contributed by atoms with Gasteiger partial charge < -0.3 is 10.5 Å². The second-order valence-corrected chi connectivity index (χ2v) is 4.68. The van der Waals surface area contributed by atoms with E-state index >= 15 is 0 Å². The zero-order valence-electron chi connectivity index (χ0n) is 11.3. The van der Waals surface area contributed by atoms with Crippen LogP contribution >= 0.6 is 0 Å². The Kier molecular flexibility index (Phi) is 4.00. The molecule has 4 nitrogen and oxygen atoms in total. The maximum Gasteiger partial charge on any atom is 0.217 e. The van der Waals surface area contributed by atoms with E-state index in [1.165, 1.54) is 5.56 Å². The first-order chi connectivity index (χ1) is 9.06. The monoisotopic (exact) mass is 258 g/mol. The van der Waals surface area contributed by atoms with Gasteiger partial charge in [0.05, 0.1) is 12.1 Å². The van der Waals surface area contributed by atoms with E-state index in [1.54, 1.807) is 0 Å². The van der Waals surface area contributed by atoms with Gasteiger partial charge >= 0.3 is 0 Å². The molecule has 100 valence electrons. The van der Waals surface area contributed by atoms with Crippen LogP contribution < -0.4 is 10.5 Å². The summed E-state index contributed by atoms with van der Waals surface area (Å²) in [7, 11) is 0. The van der Waals surface area contributed by atoms with Gasteiger partial charge in [-0.1, -0.05) is 0 Å². The number of hydrogen-bond acceptors (Lipinski definition) is 3. The average molecular weight is 258 g/mol. The third-order valence-corrected chi connectivity index (χ3v) is 2.95. The van der Waals surface area contributed by atoms with Crippen LogP contribution in [0.25, 0.3) is 10.9 Å². The van der Waals surface area contributed by atoms with Crippen LogP contribution in [0, 0.1) is 13.8 Å². The standard InChI is InChI=1S/C15H18N2O2/c1-10-8-11(2)17-14-9-12(5-6-13(10)14)19-7-3-4-15(16)18/h5-6,8-9H,3-4,7H2,1-2H3,(H2,16,18). The fourth-order valence-electron chi connectivity index (χ4n) is 2.08. The fourth-order valence-corrected chi connectivity index (χ4v) is 2.08. The maximum atomic E-state index is 10.6. The molecule has 0 fully saturated rings. The SMILES string of the molecule is Cc1cc(C)c2ccc(OCCCC(N)=O)cc2n1. The van der Waals surface area contributed by atoms with E-state index in [2.05, 4.69) is 18.0 Å². The van der Waals surface area contributed by atoms with Crippen molar-refractivity contribution in [1.82, 2.24) is 4.98 Å². The van der Waals surface area contributed by atoms with Gasteiger partial charge in [-0.2, -0.15) is 0 Å². The van der Waals surface area contributed by atoms with Crippen molar-refractivity contribution in [3.63, 3.8) is 0 Å². The molecule has 0 saturated heterocycles. The van der Waals surface area contributed by atoms with Crippen molar-refractivity contribution in [2.75, 3.05) is 6.61 Å². The molecule has 0 radical (unpaired) electrons. The van der Waals surface area contributed by atoms with E-state index in [9.17, 15) is 4.79 Å². The lowest BCUT2D eigenvalue weighted by Gasteiger charge is -2.08. The summed E-state index contributed by atoms with van der Waals surface area (Å²) in [6.07, 6.45) is 0.984. The van der Waals surface area contributed by atoms with Crippen LogP contribution in [0.5, 0.6) is 5.75 Å². The van der Waals surface area contributed by atoms with Gasteiger partial charge in [0.2, 0.25) is 5.91 Å². The van der Waals surface area contributed by atoms with Gasteiger partial charge in [0.25, 0.3) is 0 Å². The molecule has 19 heavy (non-hydrogen) atoms. The number of rotatable bonds is 5. The second kappa shape index (κ2) is 5.69. The average Bonchev–Trinajstić information content (AvgIpc) is 2.33. The number of nitrogens with zero attached hydrogens (tertiary/aromatic N) is 1. The lowest BCUT2D eigenvalue weighted by molar-refractivity contribution is -0.118. The molecule has 0 aliphatic heterocycles. The minimum Gasteiger partial charge on any atom is -0.494 e. The summed E-state index contributed by atoms with van der Waals surface area (Å²) in [6.45, 7) is 4.54. The summed E-state index contributed by atoms with van der Waals surface area (Å²) in [5.41, 5.74) is 8.22. The molecule has 0 aliphatic rings. The topological polar surface area (TPSA) is 65.2 Å². The van der Waals surface area contributed by atoms with Crippen LogP contribution in [-0.4, -0.2) is 17.5 Å². The quantitative estimate of drug-likeness (QED) is 0.838. The molecule has 0 atom stereocenters. The number of carbonyl (C=O) groups is 1. The number of amides is 1. The molecule has 0 bridgehead atoms. The number of aromatic nitrogens is 1. The summed E-state index contributed by atoms with van der Waals surface area (Å²) in [6, 6.07) is 7.94. The van der Waals surface area contributed by atoms with Gasteiger partial charge in [0.15, 0.2) is 0 Å². The molecular formula is C15H18N2O2. The van der Waals surface area contributed by atoms with E-state index in [1.807, 2.05) is 25.1 Å². The normalized spacial score (nSPS) is 10.6. The Bertz CT molecular complexity index is 608. The minimum absolute atomic E-state index is 0.296. The van der Waals surface area contributed by atoms with Crippen molar-refractivity contribution in [3.05, 3.63) is 35.5 Å². The highest BCUT2D eigenvalue weighted by atomic mass is 16.5. The Balaban J connectivity index is 2.11. The van der Waals surface area contributed by atoms with Gasteiger partial charge in [-0.25, -0.2) is 0 Å². The first-order valence-corrected chi connectivity index (χ1v) is 6.35. The summed E-state index contributed by atoms with van der Waals surface area (Å²) < 4.78 is 5.60. The van der Waals surface area contributed by atoms with Crippen LogP contribution in [0.2, 0.25) is 0 Å². The number of aryl methyl sites for hydroxylation is 2. The van der Waals surface area contributed by atoms with Crippen LogP contribution in [0.4, 0.5) is 0 Å². The largest absolute Gasteiger partial charge is 0.494 e. The zero-order valence-corrected chi connectivity index (χ0v) is 11.3. The number of pyridine rings is 1. The molecule has 1 amide bonds. The Morgan fingerprint density at radius 3 is 2.84 bits per heavy atom.